The zero-order chi connectivity index (χ0) is 19.5. The molecule has 0 saturated heterocycles. The Labute approximate surface area is 173 Å². The maximum Gasteiger partial charge on any atom is 0.206 e. The molecule has 1 aliphatic rings. The van der Waals surface area contributed by atoms with Gasteiger partial charge >= 0.3 is 0 Å². The molecule has 0 saturated carbocycles. The molecular formula is C22H19ClFN3S. The second-order valence-electron chi connectivity index (χ2n) is 6.65. The van der Waals surface area contributed by atoms with Gasteiger partial charge in [-0.1, -0.05) is 54.1 Å². The molecule has 0 spiro atoms. The molecule has 0 unspecified atom stereocenters. The Hall–Kier alpha value is -2.50. The van der Waals surface area contributed by atoms with Crippen LogP contribution in [0.25, 0.3) is 0 Å². The normalized spacial score (nSPS) is 14.3. The number of para-hydroxylation sites is 1. The lowest BCUT2D eigenvalue weighted by atomic mass is 10.0. The van der Waals surface area contributed by atoms with Gasteiger partial charge in [-0.3, -0.25) is 4.72 Å². The van der Waals surface area contributed by atoms with Crippen molar-refractivity contribution in [3.63, 3.8) is 0 Å². The average Bonchev–Trinajstić information content (AvgIpc) is 2.69. The van der Waals surface area contributed by atoms with Crippen LogP contribution in [0.3, 0.4) is 0 Å². The van der Waals surface area contributed by atoms with Crippen molar-refractivity contribution in [2.24, 2.45) is 4.99 Å². The summed E-state index contributed by atoms with van der Waals surface area (Å²) in [4.78, 5) is 5.60. The van der Waals surface area contributed by atoms with Crippen LogP contribution in [0.15, 0.2) is 70.6 Å². The molecule has 0 fully saturated rings. The number of hydrogen-bond donors (Lipinski definition) is 2. The SMILES string of the molecule is Cc1ccc(CN=C2NSc3cccc(Cc4ccccc4Cl)c3N2)c(F)c1. The number of rotatable bonds is 4. The molecule has 2 N–H and O–H groups in total. The van der Waals surface area contributed by atoms with Crippen molar-refractivity contribution in [1.29, 1.82) is 0 Å². The fourth-order valence-corrected chi connectivity index (χ4v) is 4.02. The lowest BCUT2D eigenvalue weighted by Gasteiger charge is -2.23. The third-order valence-electron chi connectivity index (χ3n) is 4.57. The van der Waals surface area contributed by atoms with Gasteiger partial charge in [0.1, 0.15) is 5.82 Å². The topological polar surface area (TPSA) is 36.4 Å². The number of anilines is 1. The van der Waals surface area contributed by atoms with E-state index in [1.54, 1.807) is 6.07 Å². The Morgan fingerprint density at radius 2 is 1.82 bits per heavy atom. The Morgan fingerprint density at radius 1 is 1.00 bits per heavy atom. The number of nitrogens with zero attached hydrogens (tertiary/aromatic N) is 1. The summed E-state index contributed by atoms with van der Waals surface area (Å²) in [5.41, 5.74) is 4.68. The first-order chi connectivity index (χ1) is 13.6. The third-order valence-corrected chi connectivity index (χ3v) is 5.79. The predicted octanol–water partition coefficient (Wildman–Crippen LogP) is 5.96. The fourth-order valence-electron chi connectivity index (χ4n) is 3.06. The van der Waals surface area contributed by atoms with Crippen LogP contribution in [0.5, 0.6) is 0 Å². The number of halogens is 2. The molecule has 1 heterocycles. The molecule has 28 heavy (non-hydrogen) atoms. The number of hydrogen-bond acceptors (Lipinski definition) is 2. The van der Waals surface area contributed by atoms with Crippen LogP contribution in [-0.2, 0) is 13.0 Å². The van der Waals surface area contributed by atoms with Crippen molar-refractivity contribution < 1.29 is 4.39 Å². The average molecular weight is 412 g/mol. The molecule has 0 radical (unpaired) electrons. The minimum Gasteiger partial charge on any atom is -0.324 e. The first kappa shape index (κ1) is 18.8. The molecular weight excluding hydrogens is 393 g/mol. The van der Waals surface area contributed by atoms with Gasteiger partial charge in [0.25, 0.3) is 0 Å². The van der Waals surface area contributed by atoms with Crippen molar-refractivity contribution in [2.45, 2.75) is 24.8 Å². The van der Waals surface area contributed by atoms with E-state index in [0.29, 0.717) is 11.5 Å². The van der Waals surface area contributed by atoms with Crippen LogP contribution in [0.1, 0.15) is 22.3 Å². The molecule has 3 aromatic carbocycles. The second kappa shape index (κ2) is 8.25. The van der Waals surface area contributed by atoms with Gasteiger partial charge in [-0.05, 0) is 53.8 Å². The van der Waals surface area contributed by atoms with Gasteiger partial charge in [-0.25, -0.2) is 9.38 Å². The minimum atomic E-state index is -0.229. The highest BCUT2D eigenvalue weighted by Gasteiger charge is 2.18. The number of aryl methyl sites for hydroxylation is 1. The molecule has 3 aromatic rings. The van der Waals surface area contributed by atoms with Gasteiger partial charge in [0.15, 0.2) is 0 Å². The standard InChI is InChI=1S/C22H19ClFN3S/c1-14-9-10-17(19(24)11-14)13-25-22-26-21-16(6-4-8-20(21)28-27-22)12-15-5-2-3-7-18(15)23/h2-11H,12-13H2,1H3,(H2,25,26,27). The highest BCUT2D eigenvalue weighted by molar-refractivity contribution is 7.98. The van der Waals surface area contributed by atoms with Crippen molar-refractivity contribution in [1.82, 2.24) is 4.72 Å². The molecule has 0 aromatic heterocycles. The molecule has 0 atom stereocenters. The highest BCUT2D eigenvalue weighted by Crippen LogP contribution is 2.34. The summed E-state index contributed by atoms with van der Waals surface area (Å²) in [6.45, 7) is 2.14. The molecule has 142 valence electrons. The summed E-state index contributed by atoms with van der Waals surface area (Å²) in [5.74, 6) is 0.386. The number of nitrogens with one attached hydrogen (secondary N) is 2. The van der Waals surface area contributed by atoms with Gasteiger partial charge < -0.3 is 5.32 Å². The number of fused-ring (bicyclic) bond motifs is 1. The van der Waals surface area contributed by atoms with Crippen molar-refractivity contribution >= 4 is 35.2 Å². The Kier molecular flexibility index (Phi) is 5.55. The van der Waals surface area contributed by atoms with E-state index < -0.39 is 0 Å². The predicted molar refractivity (Wildman–Crippen MR) is 116 cm³/mol. The largest absolute Gasteiger partial charge is 0.324 e. The molecule has 4 rings (SSSR count). The summed E-state index contributed by atoms with van der Waals surface area (Å²) in [5, 5.41) is 4.11. The molecule has 3 nitrogen and oxygen atoms in total. The van der Waals surface area contributed by atoms with E-state index >= 15 is 0 Å². The van der Waals surface area contributed by atoms with Crippen molar-refractivity contribution in [3.8, 4) is 0 Å². The van der Waals surface area contributed by atoms with E-state index in [1.807, 2.05) is 49.4 Å². The monoisotopic (exact) mass is 411 g/mol. The Morgan fingerprint density at radius 3 is 2.64 bits per heavy atom. The maximum absolute atomic E-state index is 14.1. The minimum absolute atomic E-state index is 0.229. The lowest BCUT2D eigenvalue weighted by molar-refractivity contribution is 0.609. The summed E-state index contributed by atoms with van der Waals surface area (Å²) >= 11 is 7.83. The van der Waals surface area contributed by atoms with Gasteiger partial charge in [0.05, 0.1) is 17.1 Å². The van der Waals surface area contributed by atoms with Gasteiger partial charge in [0.2, 0.25) is 5.96 Å². The smallest absolute Gasteiger partial charge is 0.206 e. The maximum atomic E-state index is 14.1. The van der Waals surface area contributed by atoms with Gasteiger partial charge in [-0.15, -0.1) is 0 Å². The van der Waals surface area contributed by atoms with Gasteiger partial charge in [0, 0.05) is 17.0 Å². The Balaban J connectivity index is 1.56. The molecule has 0 aliphatic carbocycles. The van der Waals surface area contributed by atoms with Crippen LogP contribution >= 0.6 is 23.5 Å². The number of aliphatic imine (C=N–C) groups is 1. The zero-order valence-corrected chi connectivity index (χ0v) is 16.9. The fraction of sp³-hybridized carbons (Fsp3) is 0.136. The van der Waals surface area contributed by atoms with E-state index in [-0.39, 0.29) is 12.4 Å². The van der Waals surface area contributed by atoms with E-state index in [9.17, 15) is 4.39 Å². The molecule has 0 amide bonds. The number of guanidine groups is 1. The lowest BCUT2D eigenvalue weighted by Crippen LogP contribution is -2.30. The zero-order valence-electron chi connectivity index (χ0n) is 15.3. The van der Waals surface area contributed by atoms with E-state index in [2.05, 4.69) is 21.1 Å². The first-order valence-corrected chi connectivity index (χ1v) is 10.1. The van der Waals surface area contributed by atoms with Crippen LogP contribution < -0.4 is 10.0 Å². The van der Waals surface area contributed by atoms with Crippen LogP contribution in [0.2, 0.25) is 5.02 Å². The first-order valence-electron chi connectivity index (χ1n) is 8.95. The van der Waals surface area contributed by atoms with Gasteiger partial charge in [-0.2, -0.15) is 0 Å². The van der Waals surface area contributed by atoms with Crippen LogP contribution in [0, 0.1) is 12.7 Å². The van der Waals surface area contributed by atoms with E-state index in [4.69, 9.17) is 11.6 Å². The second-order valence-corrected chi connectivity index (χ2v) is 7.90. The van der Waals surface area contributed by atoms with Crippen LogP contribution in [0.4, 0.5) is 10.1 Å². The van der Waals surface area contributed by atoms with Crippen molar-refractivity contribution in [2.75, 3.05) is 5.32 Å². The van der Waals surface area contributed by atoms with Crippen LogP contribution in [-0.4, -0.2) is 5.96 Å². The van der Waals surface area contributed by atoms with E-state index in [1.165, 1.54) is 18.0 Å². The number of benzene rings is 3. The summed E-state index contributed by atoms with van der Waals surface area (Å²) in [6.07, 6.45) is 0.719. The van der Waals surface area contributed by atoms with Crippen molar-refractivity contribution in [3.05, 3.63) is 93.8 Å². The summed E-state index contributed by atoms with van der Waals surface area (Å²) in [6, 6.07) is 19.2. The molecule has 0 bridgehead atoms. The molecule has 1 aliphatic heterocycles. The third kappa shape index (κ3) is 4.16. The quantitative estimate of drug-likeness (QED) is 0.520. The summed E-state index contributed by atoms with van der Waals surface area (Å²) in [7, 11) is 0. The Bertz CT molecular complexity index is 1050. The van der Waals surface area contributed by atoms with E-state index in [0.717, 1.165) is 38.7 Å². The highest BCUT2D eigenvalue weighted by atomic mass is 35.5. The summed E-state index contributed by atoms with van der Waals surface area (Å²) < 4.78 is 17.2. The molecule has 6 heteroatoms.